The van der Waals surface area contributed by atoms with Crippen LogP contribution in [-0.4, -0.2) is 115 Å². The van der Waals surface area contributed by atoms with Gasteiger partial charge in [0.2, 0.25) is 11.8 Å². The van der Waals surface area contributed by atoms with Crippen LogP contribution < -0.4 is 0 Å². The number of aliphatic imine (C=N–C) groups is 2. The molecule has 12 nitrogen and oxygen atoms in total. The summed E-state index contributed by atoms with van der Waals surface area (Å²) in [6.45, 7) is 18.7. The standard InChI is InChI=1S/C50H62N4O8/c1-33-29-35(3)47(36(4)30-33)49(43-13-15-45(53-43)61-27-25-59-23-21-57-19-17-55-7)41-11-9-39(51-41)40-10-12-42(52-40)50(48-37(5)31-34(2)32-38(48)6)44-14-16-46(54-44)62-28-26-60-24-22-58-20-18-56-8/h9-16,29-32,51-52H,17-28H2,1-8H3/b49-43+,50-44+. The number of aryl methyl sites for hydroxylation is 6. The normalized spacial score (nSPS) is 15.1. The molecule has 0 unspecified atom stereocenters. The van der Waals surface area contributed by atoms with Crippen LogP contribution in [0.5, 0.6) is 0 Å². The van der Waals surface area contributed by atoms with Gasteiger partial charge in [-0.3, -0.25) is 0 Å². The van der Waals surface area contributed by atoms with Gasteiger partial charge in [-0.1, -0.05) is 35.4 Å². The Hall–Kier alpha value is -5.34. The summed E-state index contributed by atoms with van der Waals surface area (Å²) in [7, 11) is 3.31. The zero-order chi connectivity index (χ0) is 43.8. The molecule has 62 heavy (non-hydrogen) atoms. The Balaban J connectivity index is 1.24. The minimum atomic E-state index is 0.380. The van der Waals surface area contributed by atoms with E-state index < -0.39 is 0 Å². The molecule has 0 bridgehead atoms. The Labute approximate surface area is 366 Å². The Morgan fingerprint density at radius 1 is 0.435 bits per heavy atom. The van der Waals surface area contributed by atoms with Crippen molar-refractivity contribution in [3.8, 4) is 11.4 Å². The molecule has 6 rings (SSSR count). The number of aromatic amines is 2. The van der Waals surface area contributed by atoms with Gasteiger partial charge in [-0.15, -0.1) is 0 Å². The van der Waals surface area contributed by atoms with Crippen molar-refractivity contribution < 1.29 is 37.9 Å². The summed E-state index contributed by atoms with van der Waals surface area (Å²) in [6.07, 6.45) is 7.88. The second-order valence-corrected chi connectivity index (χ2v) is 15.3. The van der Waals surface area contributed by atoms with Gasteiger partial charge in [0.15, 0.2) is 0 Å². The monoisotopic (exact) mass is 846 g/mol. The molecule has 4 aromatic rings. The van der Waals surface area contributed by atoms with Crippen molar-refractivity contribution in [3.05, 3.63) is 140 Å². The summed E-state index contributed by atoms with van der Waals surface area (Å²) < 4.78 is 44.4. The van der Waals surface area contributed by atoms with Gasteiger partial charge in [0.1, 0.15) is 13.2 Å². The minimum absolute atomic E-state index is 0.380. The van der Waals surface area contributed by atoms with Crippen molar-refractivity contribution in [1.82, 2.24) is 9.97 Å². The molecule has 0 atom stereocenters. The zero-order valence-corrected chi connectivity index (χ0v) is 37.6. The lowest BCUT2D eigenvalue weighted by Crippen LogP contribution is -2.12. The van der Waals surface area contributed by atoms with E-state index in [2.05, 4.69) is 100 Å². The van der Waals surface area contributed by atoms with Crippen molar-refractivity contribution in [2.24, 2.45) is 9.98 Å². The van der Waals surface area contributed by atoms with E-state index in [0.29, 0.717) is 91.1 Å². The number of H-pyrrole nitrogens is 2. The molecule has 0 saturated carbocycles. The molecular weight excluding hydrogens is 785 g/mol. The summed E-state index contributed by atoms with van der Waals surface area (Å²) in [4.78, 5) is 17.4. The van der Waals surface area contributed by atoms with Gasteiger partial charge >= 0.3 is 0 Å². The van der Waals surface area contributed by atoms with E-state index >= 15 is 0 Å². The summed E-state index contributed by atoms with van der Waals surface area (Å²) in [6, 6.07) is 17.4. The molecule has 2 aliphatic rings. The van der Waals surface area contributed by atoms with Crippen LogP contribution in [0.25, 0.3) is 22.5 Å². The first-order chi connectivity index (χ1) is 30.2. The predicted molar refractivity (Wildman–Crippen MR) is 246 cm³/mol. The maximum Gasteiger partial charge on any atom is 0.213 e. The van der Waals surface area contributed by atoms with Crippen LogP contribution in [0.3, 0.4) is 0 Å². The number of hydrogen-bond acceptors (Lipinski definition) is 10. The minimum Gasteiger partial charge on any atom is -0.475 e. The third-order valence-corrected chi connectivity index (χ3v) is 10.4. The fourth-order valence-electron chi connectivity index (χ4n) is 7.81. The topological polar surface area (TPSA) is 130 Å². The molecule has 330 valence electrons. The first-order valence-electron chi connectivity index (χ1n) is 21.3. The Morgan fingerprint density at radius 2 is 0.774 bits per heavy atom. The number of ether oxygens (including phenoxy) is 8. The van der Waals surface area contributed by atoms with Crippen molar-refractivity contribution in [2.75, 3.05) is 93.5 Å². The summed E-state index contributed by atoms with van der Waals surface area (Å²) in [5.41, 5.74) is 16.8. The molecule has 4 heterocycles. The van der Waals surface area contributed by atoms with E-state index in [1.807, 2.05) is 24.3 Å². The molecule has 2 N–H and O–H groups in total. The average molecular weight is 847 g/mol. The number of nitrogens with zero attached hydrogens (tertiary/aromatic N) is 2. The van der Waals surface area contributed by atoms with Crippen LogP contribution in [0.2, 0.25) is 0 Å². The Bertz CT molecular complexity index is 2120. The summed E-state index contributed by atoms with van der Waals surface area (Å²) in [5.74, 6) is 1.10. The van der Waals surface area contributed by atoms with Crippen molar-refractivity contribution in [2.45, 2.75) is 41.5 Å². The molecule has 0 fully saturated rings. The molecule has 0 spiro atoms. The number of benzene rings is 2. The second-order valence-electron chi connectivity index (χ2n) is 15.3. The third kappa shape index (κ3) is 12.4. The fourth-order valence-corrected chi connectivity index (χ4v) is 7.81. The number of allylic oxidation sites excluding steroid dienone is 2. The van der Waals surface area contributed by atoms with Gasteiger partial charge in [-0.05, 0) is 111 Å². The molecule has 2 aliphatic heterocycles. The summed E-state index contributed by atoms with van der Waals surface area (Å²) >= 11 is 0. The smallest absolute Gasteiger partial charge is 0.213 e. The fraction of sp³-hybridized carbons (Fsp3) is 0.400. The van der Waals surface area contributed by atoms with E-state index in [4.69, 9.17) is 47.9 Å². The molecule has 0 radical (unpaired) electrons. The average Bonchev–Trinajstić information content (AvgIpc) is 4.08. The first kappa shape index (κ1) is 46.2. The van der Waals surface area contributed by atoms with Gasteiger partial charge in [-0.25, -0.2) is 9.98 Å². The number of hydrogen-bond donors (Lipinski definition) is 2. The molecular formula is C50H62N4O8. The lowest BCUT2D eigenvalue weighted by atomic mass is 9.90. The molecule has 0 aliphatic carbocycles. The Kier molecular flexibility index (Phi) is 17.3. The van der Waals surface area contributed by atoms with Crippen LogP contribution in [0.1, 0.15) is 55.9 Å². The summed E-state index contributed by atoms with van der Waals surface area (Å²) in [5, 5.41) is 0. The first-order valence-corrected chi connectivity index (χ1v) is 21.3. The van der Waals surface area contributed by atoms with Gasteiger partial charge in [0.25, 0.3) is 0 Å². The SMILES string of the molecule is COCCOCCOCCOC1=N/C(=C(\c2ccc(-c3ccc(/C(=C4/C=CC(OCCOCCOCCOC)=N4)c4c(C)cc(C)cc4C)[nH]3)[nH]2)c2c(C)cc(C)cc2C)C=C1. The lowest BCUT2D eigenvalue weighted by Gasteiger charge is -2.16. The van der Waals surface area contributed by atoms with Gasteiger partial charge < -0.3 is 47.9 Å². The van der Waals surface area contributed by atoms with Crippen molar-refractivity contribution in [3.63, 3.8) is 0 Å². The highest BCUT2D eigenvalue weighted by Gasteiger charge is 2.23. The maximum atomic E-state index is 6.02. The second kappa shape index (κ2) is 23.2. The van der Waals surface area contributed by atoms with E-state index in [-0.39, 0.29) is 0 Å². The van der Waals surface area contributed by atoms with Crippen LogP contribution in [-0.2, 0) is 37.9 Å². The van der Waals surface area contributed by atoms with Crippen LogP contribution in [0.15, 0.2) is 94.2 Å². The highest BCUT2D eigenvalue weighted by molar-refractivity contribution is 5.98. The van der Waals surface area contributed by atoms with Gasteiger partial charge in [0.05, 0.1) is 88.9 Å². The molecule has 2 aromatic heterocycles. The molecule has 0 amide bonds. The lowest BCUT2D eigenvalue weighted by molar-refractivity contribution is 0.0172. The number of rotatable bonds is 23. The molecule has 2 aromatic carbocycles. The van der Waals surface area contributed by atoms with E-state index in [1.54, 1.807) is 14.2 Å². The maximum absolute atomic E-state index is 6.02. The molecule has 0 saturated heterocycles. The molecule has 12 heteroatoms. The van der Waals surface area contributed by atoms with Crippen LogP contribution in [0, 0.1) is 41.5 Å². The van der Waals surface area contributed by atoms with Gasteiger partial charge in [-0.2, -0.15) is 0 Å². The van der Waals surface area contributed by atoms with Gasteiger partial charge in [0, 0.05) is 48.9 Å². The largest absolute Gasteiger partial charge is 0.475 e. The highest BCUT2D eigenvalue weighted by atomic mass is 16.6. The Morgan fingerprint density at radius 3 is 1.13 bits per heavy atom. The van der Waals surface area contributed by atoms with Crippen molar-refractivity contribution in [1.29, 1.82) is 0 Å². The highest BCUT2D eigenvalue weighted by Crippen LogP contribution is 2.38. The number of nitrogens with one attached hydrogen (secondary N) is 2. The predicted octanol–water partition coefficient (Wildman–Crippen LogP) is 8.71. The third-order valence-electron chi connectivity index (χ3n) is 10.4. The van der Waals surface area contributed by atoms with E-state index in [9.17, 15) is 0 Å². The van der Waals surface area contributed by atoms with Crippen LogP contribution >= 0.6 is 0 Å². The number of aromatic nitrogens is 2. The van der Waals surface area contributed by atoms with Crippen LogP contribution in [0.4, 0.5) is 0 Å². The number of methoxy groups -OCH3 is 2. The van der Waals surface area contributed by atoms with E-state index in [1.165, 1.54) is 33.4 Å². The zero-order valence-electron chi connectivity index (χ0n) is 37.6. The quantitative estimate of drug-likeness (QED) is 0.0710. The van der Waals surface area contributed by atoms with Crippen molar-refractivity contribution >= 4 is 22.9 Å². The van der Waals surface area contributed by atoms with E-state index in [0.717, 1.165) is 56.4 Å².